The van der Waals surface area contributed by atoms with E-state index in [1.165, 1.54) is 6.20 Å². The van der Waals surface area contributed by atoms with Crippen LogP contribution >= 0.6 is 0 Å². The lowest BCUT2D eigenvalue weighted by atomic mass is 10.1. The molecule has 0 spiro atoms. The van der Waals surface area contributed by atoms with Crippen molar-refractivity contribution in [2.75, 3.05) is 0 Å². The molecule has 1 atom stereocenters. The number of rotatable bonds is 4. The number of pyridine rings is 1. The van der Waals surface area contributed by atoms with Crippen LogP contribution in [0.5, 0.6) is 0 Å². The third-order valence-corrected chi connectivity index (χ3v) is 1.89. The fraction of sp³-hybridized carbons (Fsp3) is 0.200. The van der Waals surface area contributed by atoms with Crippen molar-refractivity contribution >= 4 is 5.91 Å². The molecule has 4 nitrogen and oxygen atoms in total. The Hall–Kier alpha value is -1.68. The molecule has 0 fully saturated rings. The third-order valence-electron chi connectivity index (χ3n) is 1.89. The van der Waals surface area contributed by atoms with Gasteiger partial charge in [0.15, 0.2) is 0 Å². The van der Waals surface area contributed by atoms with E-state index in [0.717, 1.165) is 5.56 Å². The van der Waals surface area contributed by atoms with Crippen LogP contribution in [0.3, 0.4) is 0 Å². The largest absolute Gasteiger partial charge is 0.366 e. The zero-order valence-electron chi connectivity index (χ0n) is 7.81. The Morgan fingerprint density at radius 2 is 2.36 bits per heavy atom. The van der Waals surface area contributed by atoms with Crippen LogP contribution < -0.4 is 11.5 Å². The number of primary amides is 1. The summed E-state index contributed by atoms with van der Waals surface area (Å²) in [6.45, 7) is 3.59. The predicted molar refractivity (Wildman–Crippen MR) is 54.5 cm³/mol. The molecule has 1 rings (SSSR count). The van der Waals surface area contributed by atoms with Crippen molar-refractivity contribution in [3.8, 4) is 0 Å². The smallest absolute Gasteiger partial charge is 0.250 e. The predicted octanol–water partition coefficient (Wildman–Crippen LogP) is 0.756. The fourth-order valence-electron chi connectivity index (χ4n) is 1.11. The minimum atomic E-state index is -0.495. The van der Waals surface area contributed by atoms with E-state index in [2.05, 4.69) is 11.6 Å². The average Bonchev–Trinajstić information content (AvgIpc) is 2.18. The second-order valence-electron chi connectivity index (χ2n) is 3.00. The summed E-state index contributed by atoms with van der Waals surface area (Å²) in [4.78, 5) is 14.7. The first-order chi connectivity index (χ1) is 6.65. The molecule has 0 bridgehead atoms. The van der Waals surface area contributed by atoms with Crippen LogP contribution in [0.4, 0.5) is 0 Å². The van der Waals surface area contributed by atoms with Crippen LogP contribution in [-0.2, 0) is 0 Å². The molecule has 0 aliphatic rings. The fourth-order valence-corrected chi connectivity index (χ4v) is 1.11. The number of nitrogens with two attached hydrogens (primary N) is 2. The van der Waals surface area contributed by atoms with Gasteiger partial charge in [-0.2, -0.15) is 0 Å². The molecule has 4 N–H and O–H groups in total. The normalized spacial score (nSPS) is 12.1. The topological polar surface area (TPSA) is 82.0 Å². The van der Waals surface area contributed by atoms with Crippen LogP contribution in [0.15, 0.2) is 31.1 Å². The Balaban J connectivity index is 2.93. The molecule has 1 aromatic rings. The summed E-state index contributed by atoms with van der Waals surface area (Å²) in [5.41, 5.74) is 12.1. The van der Waals surface area contributed by atoms with Crippen LogP contribution in [-0.4, -0.2) is 10.9 Å². The highest BCUT2D eigenvalue weighted by atomic mass is 16.1. The standard InChI is InChI=1S/C10H13N3O/c1-2-3-9(11)7-4-8(10(12)14)6-13-5-7/h2,4-6,9H,1,3,11H2,(H2,12,14). The zero-order valence-corrected chi connectivity index (χ0v) is 7.81. The highest BCUT2D eigenvalue weighted by Crippen LogP contribution is 2.14. The molecule has 14 heavy (non-hydrogen) atoms. The average molecular weight is 191 g/mol. The summed E-state index contributed by atoms with van der Waals surface area (Å²) >= 11 is 0. The van der Waals surface area contributed by atoms with Crippen molar-refractivity contribution in [3.05, 3.63) is 42.2 Å². The highest BCUT2D eigenvalue weighted by Gasteiger charge is 2.07. The van der Waals surface area contributed by atoms with Crippen molar-refractivity contribution < 1.29 is 4.79 Å². The SMILES string of the molecule is C=CCC(N)c1cncc(C(N)=O)c1. The maximum absolute atomic E-state index is 10.9. The maximum Gasteiger partial charge on any atom is 0.250 e. The molecule has 1 amide bonds. The van der Waals surface area contributed by atoms with Gasteiger partial charge in [0, 0.05) is 18.4 Å². The lowest BCUT2D eigenvalue weighted by molar-refractivity contribution is 0.1000. The van der Waals surface area contributed by atoms with Gasteiger partial charge in [-0.1, -0.05) is 6.08 Å². The Labute approximate surface area is 82.6 Å². The highest BCUT2D eigenvalue weighted by molar-refractivity contribution is 5.92. The second kappa shape index (κ2) is 4.53. The molecule has 0 aromatic carbocycles. The van der Waals surface area contributed by atoms with E-state index in [1.54, 1.807) is 18.3 Å². The Morgan fingerprint density at radius 3 is 2.93 bits per heavy atom. The van der Waals surface area contributed by atoms with Crippen molar-refractivity contribution in [1.82, 2.24) is 4.98 Å². The van der Waals surface area contributed by atoms with Crippen molar-refractivity contribution in [2.45, 2.75) is 12.5 Å². The van der Waals surface area contributed by atoms with Gasteiger partial charge in [-0.25, -0.2) is 0 Å². The second-order valence-corrected chi connectivity index (χ2v) is 3.00. The number of carbonyl (C=O) groups is 1. The summed E-state index contributed by atoms with van der Waals surface area (Å²) in [7, 11) is 0. The van der Waals surface area contributed by atoms with Gasteiger partial charge in [0.05, 0.1) is 5.56 Å². The van der Waals surface area contributed by atoms with Crippen LogP contribution in [0, 0.1) is 0 Å². The van der Waals surface area contributed by atoms with Crippen LogP contribution in [0.25, 0.3) is 0 Å². The van der Waals surface area contributed by atoms with Gasteiger partial charge in [0.25, 0.3) is 0 Å². The van der Waals surface area contributed by atoms with Crippen molar-refractivity contribution in [3.63, 3.8) is 0 Å². The monoisotopic (exact) mass is 191 g/mol. The summed E-state index contributed by atoms with van der Waals surface area (Å²) < 4.78 is 0. The van der Waals surface area contributed by atoms with E-state index in [4.69, 9.17) is 11.5 Å². The molecule has 4 heteroatoms. The first-order valence-corrected chi connectivity index (χ1v) is 4.26. The zero-order chi connectivity index (χ0) is 10.6. The maximum atomic E-state index is 10.9. The summed E-state index contributed by atoms with van der Waals surface area (Å²) in [6, 6.07) is 1.48. The summed E-state index contributed by atoms with van der Waals surface area (Å²) in [5, 5.41) is 0. The summed E-state index contributed by atoms with van der Waals surface area (Å²) in [5.74, 6) is -0.495. The minimum absolute atomic E-state index is 0.181. The summed E-state index contributed by atoms with van der Waals surface area (Å²) in [6.07, 6.45) is 5.42. The molecule has 1 aromatic heterocycles. The number of hydrogen-bond donors (Lipinski definition) is 2. The first kappa shape index (κ1) is 10.4. The Kier molecular flexibility index (Phi) is 3.36. The van der Waals surface area contributed by atoms with E-state index in [-0.39, 0.29) is 6.04 Å². The molecule has 74 valence electrons. The number of amides is 1. The van der Waals surface area contributed by atoms with Gasteiger partial charge in [-0.15, -0.1) is 6.58 Å². The van der Waals surface area contributed by atoms with Crippen molar-refractivity contribution in [2.24, 2.45) is 11.5 Å². The van der Waals surface area contributed by atoms with Gasteiger partial charge in [-0.3, -0.25) is 9.78 Å². The minimum Gasteiger partial charge on any atom is -0.366 e. The van der Waals surface area contributed by atoms with E-state index >= 15 is 0 Å². The molecular formula is C10H13N3O. The van der Waals surface area contributed by atoms with E-state index < -0.39 is 5.91 Å². The lowest BCUT2D eigenvalue weighted by Gasteiger charge is -2.09. The molecular weight excluding hydrogens is 178 g/mol. The van der Waals surface area contributed by atoms with Gasteiger partial charge in [0.2, 0.25) is 5.91 Å². The Bertz CT molecular complexity index is 349. The molecule has 1 heterocycles. The van der Waals surface area contributed by atoms with E-state index in [0.29, 0.717) is 12.0 Å². The van der Waals surface area contributed by atoms with Crippen molar-refractivity contribution in [1.29, 1.82) is 0 Å². The van der Waals surface area contributed by atoms with Crippen LogP contribution in [0.1, 0.15) is 28.4 Å². The first-order valence-electron chi connectivity index (χ1n) is 4.26. The number of aromatic nitrogens is 1. The number of nitrogens with zero attached hydrogens (tertiary/aromatic N) is 1. The number of hydrogen-bond acceptors (Lipinski definition) is 3. The lowest BCUT2D eigenvalue weighted by Crippen LogP contribution is -2.14. The molecule has 1 unspecified atom stereocenters. The quantitative estimate of drug-likeness (QED) is 0.689. The molecule has 0 aliphatic carbocycles. The number of carbonyl (C=O) groups excluding carboxylic acids is 1. The Morgan fingerprint density at radius 1 is 1.64 bits per heavy atom. The molecule has 0 saturated heterocycles. The van der Waals surface area contributed by atoms with Gasteiger partial charge >= 0.3 is 0 Å². The van der Waals surface area contributed by atoms with E-state index in [9.17, 15) is 4.79 Å². The van der Waals surface area contributed by atoms with Gasteiger partial charge in [0.1, 0.15) is 0 Å². The molecule has 0 radical (unpaired) electrons. The van der Waals surface area contributed by atoms with Crippen LogP contribution in [0.2, 0.25) is 0 Å². The molecule has 0 saturated carbocycles. The van der Waals surface area contributed by atoms with E-state index in [1.807, 2.05) is 0 Å². The van der Waals surface area contributed by atoms with Gasteiger partial charge < -0.3 is 11.5 Å². The molecule has 0 aliphatic heterocycles. The van der Waals surface area contributed by atoms with Gasteiger partial charge in [-0.05, 0) is 18.1 Å². The third kappa shape index (κ3) is 2.40.